The van der Waals surface area contributed by atoms with Crippen LogP contribution < -0.4 is 5.32 Å². The van der Waals surface area contributed by atoms with Crippen LogP contribution in [0.15, 0.2) is 30.3 Å². The molecule has 2 aliphatic heterocycles. The van der Waals surface area contributed by atoms with Crippen molar-refractivity contribution >= 4 is 11.9 Å². The number of urea groups is 1. The summed E-state index contributed by atoms with van der Waals surface area (Å²) in [6.07, 6.45) is 8.29. The van der Waals surface area contributed by atoms with Gasteiger partial charge < -0.3 is 15.1 Å². The Morgan fingerprint density at radius 2 is 1.56 bits per heavy atom. The summed E-state index contributed by atoms with van der Waals surface area (Å²) in [5.41, 5.74) is 1.38. The molecule has 5 nitrogen and oxygen atoms in total. The maximum Gasteiger partial charge on any atom is 0.318 e. The van der Waals surface area contributed by atoms with Crippen molar-refractivity contribution in [1.29, 1.82) is 0 Å². The van der Waals surface area contributed by atoms with Gasteiger partial charge in [0.15, 0.2) is 0 Å². The summed E-state index contributed by atoms with van der Waals surface area (Å²) in [7, 11) is 0. The minimum atomic E-state index is -0.264. The molecule has 0 spiro atoms. The molecule has 1 aromatic carbocycles. The minimum Gasteiger partial charge on any atom is -0.341 e. The minimum absolute atomic E-state index is 0.0306. The summed E-state index contributed by atoms with van der Waals surface area (Å²) >= 11 is 0. The third-order valence-corrected chi connectivity index (χ3v) is 6.56. The van der Waals surface area contributed by atoms with Crippen LogP contribution in [-0.4, -0.2) is 53.5 Å². The van der Waals surface area contributed by atoms with Gasteiger partial charge in [0, 0.05) is 25.7 Å². The van der Waals surface area contributed by atoms with Crippen molar-refractivity contribution in [3.8, 4) is 0 Å². The molecular weight excluding hydrogens is 338 g/mol. The van der Waals surface area contributed by atoms with Crippen LogP contribution in [0.1, 0.15) is 62.8 Å². The van der Waals surface area contributed by atoms with Crippen LogP contribution in [0.3, 0.4) is 0 Å². The number of likely N-dealkylation sites (tertiary alicyclic amines) is 2. The molecule has 1 saturated carbocycles. The summed E-state index contributed by atoms with van der Waals surface area (Å²) in [6, 6.07) is 10.6. The molecule has 0 radical (unpaired) electrons. The molecule has 0 bridgehead atoms. The molecule has 3 aliphatic rings. The van der Waals surface area contributed by atoms with E-state index in [0.717, 1.165) is 51.6 Å². The molecular formula is C22H31N3O2. The van der Waals surface area contributed by atoms with Crippen molar-refractivity contribution in [3.05, 3.63) is 35.9 Å². The van der Waals surface area contributed by atoms with Crippen molar-refractivity contribution < 1.29 is 9.59 Å². The highest BCUT2D eigenvalue weighted by molar-refractivity contribution is 5.88. The molecule has 2 saturated heterocycles. The molecule has 0 aromatic heterocycles. The van der Waals surface area contributed by atoms with E-state index < -0.39 is 0 Å². The second kappa shape index (κ2) is 8.32. The first-order valence-electron chi connectivity index (χ1n) is 10.6. The SMILES string of the molecule is O=C(C1CCCN1C(=O)NC1CCCC1)N1CCC(c2ccccc2)CC1. The van der Waals surface area contributed by atoms with Crippen molar-refractivity contribution in [1.82, 2.24) is 15.1 Å². The molecule has 1 unspecified atom stereocenters. The van der Waals surface area contributed by atoms with Crippen LogP contribution in [0.25, 0.3) is 0 Å². The van der Waals surface area contributed by atoms with Crippen LogP contribution in [0.5, 0.6) is 0 Å². The van der Waals surface area contributed by atoms with E-state index in [0.29, 0.717) is 18.5 Å². The molecule has 146 valence electrons. The lowest BCUT2D eigenvalue weighted by Crippen LogP contribution is -2.53. The van der Waals surface area contributed by atoms with E-state index >= 15 is 0 Å². The monoisotopic (exact) mass is 369 g/mol. The largest absolute Gasteiger partial charge is 0.341 e. The predicted octanol–water partition coefficient (Wildman–Crippen LogP) is 3.51. The van der Waals surface area contributed by atoms with Crippen LogP contribution in [0.4, 0.5) is 4.79 Å². The number of carbonyl (C=O) groups excluding carboxylic acids is 2. The van der Waals surface area contributed by atoms with Gasteiger partial charge in [-0.2, -0.15) is 0 Å². The maximum atomic E-state index is 13.1. The molecule has 1 aromatic rings. The molecule has 1 atom stereocenters. The van der Waals surface area contributed by atoms with Crippen LogP contribution in [0.2, 0.25) is 0 Å². The van der Waals surface area contributed by atoms with Gasteiger partial charge in [-0.25, -0.2) is 4.79 Å². The highest BCUT2D eigenvalue weighted by Crippen LogP contribution is 2.29. The van der Waals surface area contributed by atoms with Gasteiger partial charge in [0.2, 0.25) is 5.91 Å². The quantitative estimate of drug-likeness (QED) is 0.886. The van der Waals surface area contributed by atoms with Gasteiger partial charge in [0.1, 0.15) is 6.04 Å². The van der Waals surface area contributed by atoms with Crippen LogP contribution >= 0.6 is 0 Å². The Morgan fingerprint density at radius 3 is 2.26 bits per heavy atom. The highest BCUT2D eigenvalue weighted by Gasteiger charge is 2.38. The highest BCUT2D eigenvalue weighted by atomic mass is 16.2. The fourth-order valence-corrected chi connectivity index (χ4v) is 4.96. The average Bonchev–Trinajstić information content (AvgIpc) is 3.40. The Bertz CT molecular complexity index is 649. The average molecular weight is 370 g/mol. The zero-order valence-electron chi connectivity index (χ0n) is 16.1. The molecule has 3 amide bonds. The van der Waals surface area contributed by atoms with E-state index in [1.807, 2.05) is 11.0 Å². The number of benzene rings is 1. The number of hydrogen-bond acceptors (Lipinski definition) is 2. The van der Waals surface area contributed by atoms with Crippen molar-refractivity contribution in [2.45, 2.75) is 69.4 Å². The van der Waals surface area contributed by atoms with Crippen molar-refractivity contribution in [3.63, 3.8) is 0 Å². The Labute approximate surface area is 162 Å². The molecule has 2 heterocycles. The van der Waals surface area contributed by atoms with Gasteiger partial charge in [-0.05, 0) is 50.0 Å². The molecule has 1 N–H and O–H groups in total. The molecule has 27 heavy (non-hydrogen) atoms. The summed E-state index contributed by atoms with van der Waals surface area (Å²) < 4.78 is 0. The smallest absolute Gasteiger partial charge is 0.318 e. The Kier molecular flexibility index (Phi) is 5.65. The first-order chi connectivity index (χ1) is 13.2. The second-order valence-electron chi connectivity index (χ2n) is 8.29. The van der Waals surface area contributed by atoms with Crippen molar-refractivity contribution in [2.24, 2.45) is 0 Å². The van der Waals surface area contributed by atoms with E-state index in [1.165, 1.54) is 18.4 Å². The van der Waals surface area contributed by atoms with E-state index in [-0.39, 0.29) is 18.0 Å². The number of carbonyl (C=O) groups is 2. The van der Waals surface area contributed by atoms with Crippen molar-refractivity contribution in [2.75, 3.05) is 19.6 Å². The predicted molar refractivity (Wildman–Crippen MR) is 106 cm³/mol. The summed E-state index contributed by atoms with van der Waals surface area (Å²) in [6.45, 7) is 2.30. The van der Waals surface area contributed by atoms with Gasteiger partial charge in [-0.15, -0.1) is 0 Å². The molecule has 3 fully saturated rings. The standard InChI is InChI=1S/C22H31N3O2/c26-21(24-15-12-18(13-16-24)17-7-2-1-3-8-17)20-11-6-14-25(20)22(27)23-19-9-4-5-10-19/h1-3,7-8,18-20H,4-6,9-16H2,(H,23,27). The van der Waals surface area contributed by atoms with Crippen LogP contribution in [-0.2, 0) is 4.79 Å². The van der Waals surface area contributed by atoms with E-state index in [2.05, 4.69) is 29.6 Å². The zero-order valence-corrected chi connectivity index (χ0v) is 16.1. The van der Waals surface area contributed by atoms with Gasteiger partial charge in [0.25, 0.3) is 0 Å². The summed E-state index contributed by atoms with van der Waals surface area (Å²) in [4.78, 5) is 29.6. The fraction of sp³-hybridized carbons (Fsp3) is 0.636. The number of nitrogens with one attached hydrogen (secondary N) is 1. The normalized spacial score (nSPS) is 24.4. The first-order valence-corrected chi connectivity index (χ1v) is 10.6. The summed E-state index contributed by atoms with van der Waals surface area (Å²) in [5, 5.41) is 3.15. The number of rotatable bonds is 3. The lowest BCUT2D eigenvalue weighted by Gasteiger charge is -2.36. The number of amides is 3. The summed E-state index contributed by atoms with van der Waals surface area (Å²) in [5.74, 6) is 0.696. The van der Waals surface area contributed by atoms with Gasteiger partial charge >= 0.3 is 6.03 Å². The molecule has 5 heteroatoms. The van der Waals surface area contributed by atoms with Crippen LogP contribution in [0, 0.1) is 0 Å². The van der Waals surface area contributed by atoms with E-state index in [1.54, 1.807) is 4.90 Å². The topological polar surface area (TPSA) is 52.7 Å². The zero-order chi connectivity index (χ0) is 18.6. The molecule has 4 rings (SSSR count). The lowest BCUT2D eigenvalue weighted by atomic mass is 9.89. The number of hydrogen-bond donors (Lipinski definition) is 1. The third kappa shape index (κ3) is 4.12. The Balaban J connectivity index is 1.32. The second-order valence-corrected chi connectivity index (χ2v) is 8.29. The van der Waals surface area contributed by atoms with Gasteiger partial charge in [-0.1, -0.05) is 43.2 Å². The molecule has 1 aliphatic carbocycles. The lowest BCUT2D eigenvalue weighted by molar-refractivity contribution is -0.136. The Hall–Kier alpha value is -2.04. The Morgan fingerprint density at radius 1 is 0.852 bits per heavy atom. The van der Waals surface area contributed by atoms with E-state index in [4.69, 9.17) is 0 Å². The first kappa shape index (κ1) is 18.3. The van der Waals surface area contributed by atoms with Gasteiger partial charge in [-0.3, -0.25) is 4.79 Å². The van der Waals surface area contributed by atoms with E-state index in [9.17, 15) is 9.59 Å². The number of piperidine rings is 1. The third-order valence-electron chi connectivity index (χ3n) is 6.56. The maximum absolute atomic E-state index is 13.1. The van der Waals surface area contributed by atoms with Gasteiger partial charge in [0.05, 0.1) is 0 Å². The number of nitrogens with zero attached hydrogens (tertiary/aromatic N) is 2. The fourth-order valence-electron chi connectivity index (χ4n) is 4.96.